The number of nitrogens with one attached hydrogen (secondary N) is 1. The van der Waals surface area contributed by atoms with Crippen LogP contribution in [0.15, 0.2) is 54.6 Å². The van der Waals surface area contributed by atoms with Crippen molar-refractivity contribution in [3.63, 3.8) is 0 Å². The van der Waals surface area contributed by atoms with Crippen molar-refractivity contribution < 1.29 is 19.5 Å². The molecule has 1 saturated heterocycles. The van der Waals surface area contributed by atoms with Crippen LogP contribution >= 0.6 is 11.6 Å². The summed E-state index contributed by atoms with van der Waals surface area (Å²) in [6.07, 6.45) is 4.98. The van der Waals surface area contributed by atoms with Gasteiger partial charge >= 0.3 is 5.97 Å². The van der Waals surface area contributed by atoms with Crippen LogP contribution in [0.3, 0.4) is 0 Å². The first-order valence-corrected chi connectivity index (χ1v) is 10.6. The topological polar surface area (TPSA) is 78.9 Å². The van der Waals surface area contributed by atoms with Gasteiger partial charge in [-0.05, 0) is 60.8 Å². The van der Waals surface area contributed by atoms with Gasteiger partial charge in [0.05, 0.1) is 7.11 Å². The van der Waals surface area contributed by atoms with E-state index in [1.165, 1.54) is 18.7 Å². The van der Waals surface area contributed by atoms with Crippen LogP contribution in [0.25, 0.3) is 6.08 Å². The Hall–Kier alpha value is -2.67. The van der Waals surface area contributed by atoms with E-state index in [0.717, 1.165) is 43.6 Å². The Labute approximate surface area is 187 Å². The first-order chi connectivity index (χ1) is 14.9. The number of amides is 1. The second kappa shape index (κ2) is 10.6. The Bertz CT molecular complexity index is 918. The van der Waals surface area contributed by atoms with E-state index >= 15 is 0 Å². The average molecular weight is 443 g/mol. The van der Waals surface area contributed by atoms with Gasteiger partial charge in [0.2, 0.25) is 5.91 Å². The molecule has 0 spiro atoms. The number of piperidine rings is 1. The van der Waals surface area contributed by atoms with Crippen LogP contribution in [0.1, 0.15) is 36.0 Å². The number of hydroxylamine groups is 1. The van der Waals surface area contributed by atoms with E-state index in [0.29, 0.717) is 5.02 Å². The molecule has 0 unspecified atom stereocenters. The van der Waals surface area contributed by atoms with E-state index in [1.807, 2.05) is 36.4 Å². The van der Waals surface area contributed by atoms with Gasteiger partial charge in [0.25, 0.3) is 0 Å². The average Bonchev–Trinajstić information content (AvgIpc) is 2.80. The highest BCUT2D eigenvalue weighted by atomic mass is 35.5. The molecule has 6 nitrogen and oxygen atoms in total. The number of esters is 1. The van der Waals surface area contributed by atoms with Crippen molar-refractivity contribution in [3.05, 3.63) is 76.3 Å². The molecule has 3 rings (SSSR count). The fraction of sp³-hybridized carbons (Fsp3) is 0.333. The predicted molar refractivity (Wildman–Crippen MR) is 120 cm³/mol. The molecule has 2 aromatic rings. The minimum absolute atomic E-state index is 0.236. The summed E-state index contributed by atoms with van der Waals surface area (Å²) in [7, 11) is 1.35. The minimum atomic E-state index is -0.378. The Morgan fingerprint density at radius 3 is 2.35 bits per heavy atom. The largest absolute Gasteiger partial charge is 0.466 e. The van der Waals surface area contributed by atoms with Gasteiger partial charge in [-0.1, -0.05) is 48.0 Å². The third kappa shape index (κ3) is 6.17. The molecule has 0 aliphatic carbocycles. The molecular weight excluding hydrogens is 416 g/mol. The summed E-state index contributed by atoms with van der Waals surface area (Å²) in [5.74, 6) is -0.754. The van der Waals surface area contributed by atoms with Crippen molar-refractivity contribution >= 4 is 29.6 Å². The van der Waals surface area contributed by atoms with Crippen molar-refractivity contribution in [2.24, 2.45) is 0 Å². The molecular formula is C24H27ClN2O4. The van der Waals surface area contributed by atoms with E-state index in [4.69, 9.17) is 16.8 Å². The van der Waals surface area contributed by atoms with Crippen LogP contribution in [0.2, 0.25) is 5.02 Å². The van der Waals surface area contributed by atoms with Gasteiger partial charge in [0, 0.05) is 29.5 Å². The third-order valence-corrected chi connectivity index (χ3v) is 6.14. The van der Waals surface area contributed by atoms with Crippen molar-refractivity contribution in [1.82, 2.24) is 10.4 Å². The zero-order chi connectivity index (χ0) is 22.3. The van der Waals surface area contributed by atoms with Crippen molar-refractivity contribution in [2.75, 3.05) is 20.2 Å². The van der Waals surface area contributed by atoms with Crippen LogP contribution < -0.4 is 5.48 Å². The number of hydrogen-bond donors (Lipinski definition) is 2. The smallest absolute Gasteiger partial charge is 0.330 e. The van der Waals surface area contributed by atoms with Gasteiger partial charge in [-0.2, -0.15) is 0 Å². The maximum atomic E-state index is 12.0. The molecule has 1 aliphatic rings. The van der Waals surface area contributed by atoms with E-state index in [-0.39, 0.29) is 23.7 Å². The van der Waals surface area contributed by atoms with Crippen LogP contribution in [0.4, 0.5) is 0 Å². The maximum absolute atomic E-state index is 12.0. The first-order valence-electron chi connectivity index (χ1n) is 10.2. The second-order valence-electron chi connectivity index (χ2n) is 7.87. The van der Waals surface area contributed by atoms with Crippen molar-refractivity contribution in [2.45, 2.75) is 31.2 Å². The van der Waals surface area contributed by atoms with Gasteiger partial charge in [0.15, 0.2) is 0 Å². The molecule has 1 fully saturated rings. The Morgan fingerprint density at radius 1 is 1.13 bits per heavy atom. The van der Waals surface area contributed by atoms with E-state index in [1.54, 1.807) is 11.6 Å². The number of rotatable bonds is 7. The van der Waals surface area contributed by atoms with Crippen LogP contribution in [0, 0.1) is 0 Å². The quantitative estimate of drug-likeness (QED) is 0.294. The summed E-state index contributed by atoms with van der Waals surface area (Å²) in [5, 5.41) is 9.72. The molecule has 7 heteroatoms. The molecule has 2 N–H and O–H groups in total. The fourth-order valence-electron chi connectivity index (χ4n) is 4.08. The molecule has 0 atom stereocenters. The van der Waals surface area contributed by atoms with Gasteiger partial charge in [-0.15, -0.1) is 0 Å². The first kappa shape index (κ1) is 23.0. The molecule has 1 aliphatic heterocycles. The van der Waals surface area contributed by atoms with Gasteiger partial charge in [0.1, 0.15) is 0 Å². The van der Waals surface area contributed by atoms with Crippen LogP contribution in [0.5, 0.6) is 0 Å². The summed E-state index contributed by atoms with van der Waals surface area (Å²) < 4.78 is 4.60. The summed E-state index contributed by atoms with van der Waals surface area (Å²) in [4.78, 5) is 25.6. The Kier molecular flexibility index (Phi) is 7.85. The lowest BCUT2D eigenvalue weighted by Crippen LogP contribution is -2.44. The second-order valence-corrected chi connectivity index (χ2v) is 8.31. The minimum Gasteiger partial charge on any atom is -0.466 e. The third-order valence-electron chi connectivity index (χ3n) is 5.89. The lowest BCUT2D eigenvalue weighted by Gasteiger charge is -2.42. The molecule has 1 heterocycles. The summed E-state index contributed by atoms with van der Waals surface area (Å²) in [5.41, 5.74) is 4.65. The monoisotopic (exact) mass is 442 g/mol. The highest BCUT2D eigenvalue weighted by Gasteiger charge is 2.38. The summed E-state index contributed by atoms with van der Waals surface area (Å²) in [6.45, 7) is 2.49. The summed E-state index contributed by atoms with van der Waals surface area (Å²) >= 11 is 6.04. The number of ether oxygens (including phenoxy) is 1. The zero-order valence-corrected chi connectivity index (χ0v) is 18.3. The van der Waals surface area contributed by atoms with Crippen LogP contribution in [-0.4, -0.2) is 42.2 Å². The van der Waals surface area contributed by atoms with E-state index in [2.05, 4.69) is 21.8 Å². The lowest BCUT2D eigenvalue weighted by atomic mass is 9.70. The number of methoxy groups -OCH3 is 1. The Morgan fingerprint density at radius 2 is 1.77 bits per heavy atom. The molecule has 0 aromatic heterocycles. The number of nitrogens with zero attached hydrogens (tertiary/aromatic N) is 1. The number of carbonyl (C=O) groups excluding carboxylic acids is 2. The predicted octanol–water partition coefficient (Wildman–Crippen LogP) is 3.96. The molecule has 164 valence electrons. The highest BCUT2D eigenvalue weighted by molar-refractivity contribution is 6.30. The van der Waals surface area contributed by atoms with Gasteiger partial charge in [-0.25, -0.2) is 10.3 Å². The molecule has 31 heavy (non-hydrogen) atoms. The molecule has 2 aromatic carbocycles. The number of likely N-dealkylation sites (tertiary alicyclic amines) is 1. The normalized spacial score (nSPS) is 16.2. The van der Waals surface area contributed by atoms with E-state index < -0.39 is 0 Å². The van der Waals surface area contributed by atoms with Gasteiger partial charge in [-0.3, -0.25) is 14.9 Å². The fourth-order valence-corrected chi connectivity index (χ4v) is 4.21. The molecule has 0 bridgehead atoms. The lowest BCUT2D eigenvalue weighted by molar-refractivity contribution is -0.134. The highest BCUT2D eigenvalue weighted by Crippen LogP contribution is 2.39. The van der Waals surface area contributed by atoms with Crippen molar-refractivity contribution in [1.29, 1.82) is 0 Å². The van der Waals surface area contributed by atoms with Gasteiger partial charge < -0.3 is 4.74 Å². The number of carbonyl (C=O) groups is 2. The molecule has 1 amide bonds. The van der Waals surface area contributed by atoms with E-state index in [9.17, 15) is 9.59 Å². The SMILES string of the molecule is COC(=O)C=Cc1ccc(CN2CCC(CC(=O)NO)(c3ccc(Cl)cc3)CC2)cc1. The maximum Gasteiger partial charge on any atom is 0.330 e. The van der Waals surface area contributed by atoms with Crippen molar-refractivity contribution in [3.8, 4) is 0 Å². The standard InChI is InChI=1S/C24H27ClN2O4/c1-31-23(29)11-6-18-2-4-19(5-3-18)17-27-14-12-24(13-15-27,16-22(28)26-30)20-7-9-21(25)10-8-20/h2-11,30H,12-17H2,1H3,(H,26,28). The Balaban J connectivity index is 1.64. The zero-order valence-electron chi connectivity index (χ0n) is 17.5. The summed E-state index contributed by atoms with van der Waals surface area (Å²) in [6, 6.07) is 15.7. The molecule has 0 radical (unpaired) electrons. The number of halogens is 1. The van der Waals surface area contributed by atoms with Crippen LogP contribution in [-0.2, 0) is 26.3 Å². The number of benzene rings is 2. The number of hydrogen-bond acceptors (Lipinski definition) is 5. The molecule has 0 saturated carbocycles.